The van der Waals surface area contributed by atoms with E-state index in [1.165, 1.54) is 19.3 Å². The number of nitrogens with zero attached hydrogens (tertiary/aromatic N) is 4. The molecule has 7 nitrogen and oxygen atoms in total. The fourth-order valence-electron chi connectivity index (χ4n) is 4.18. The van der Waals surface area contributed by atoms with Crippen LogP contribution in [0.2, 0.25) is 0 Å². The van der Waals surface area contributed by atoms with Gasteiger partial charge in [0.25, 0.3) is 5.91 Å². The van der Waals surface area contributed by atoms with Crippen LogP contribution in [-0.2, 0) is 6.54 Å². The van der Waals surface area contributed by atoms with Crippen LogP contribution in [0.3, 0.4) is 0 Å². The minimum Gasteiger partial charge on any atom is -0.494 e. The van der Waals surface area contributed by atoms with Gasteiger partial charge in [-0.3, -0.25) is 9.48 Å². The van der Waals surface area contributed by atoms with E-state index in [0.29, 0.717) is 36.0 Å². The molecule has 0 saturated heterocycles. The molecule has 1 N–H and O–H groups in total. The highest BCUT2D eigenvalue weighted by atomic mass is 16.5. The Bertz CT molecular complexity index is 1300. The molecular weight excluding hydrogens is 438 g/mol. The summed E-state index contributed by atoms with van der Waals surface area (Å²) in [7, 11) is 0. The van der Waals surface area contributed by atoms with Gasteiger partial charge in [-0.15, -0.1) is 0 Å². The van der Waals surface area contributed by atoms with Crippen LogP contribution in [0.1, 0.15) is 43.1 Å². The standard InChI is InChI=1S/C28H29N5O2/c1-2-3-4-5-18-35-23-12-10-21(11-13-23)20-6-8-22(9-7-20)27-29-15-14-24(31-27)25-19-26-28(34)30-16-17-33(26)32-25/h6-15,19H,2-5,16-18H2,1H3,(H,30,34). The van der Waals surface area contributed by atoms with Gasteiger partial charge >= 0.3 is 0 Å². The number of ether oxygens (including phenoxy) is 1. The Morgan fingerprint density at radius 1 is 0.914 bits per heavy atom. The maximum atomic E-state index is 12.1. The molecule has 3 heterocycles. The van der Waals surface area contributed by atoms with Crippen molar-refractivity contribution in [3.8, 4) is 39.7 Å². The van der Waals surface area contributed by atoms with Gasteiger partial charge in [0.2, 0.25) is 0 Å². The van der Waals surface area contributed by atoms with E-state index in [-0.39, 0.29) is 5.91 Å². The first kappa shape index (κ1) is 22.8. The molecule has 2 aromatic carbocycles. The normalized spacial score (nSPS) is 12.8. The van der Waals surface area contributed by atoms with Crippen LogP contribution in [0, 0.1) is 0 Å². The quantitative estimate of drug-likeness (QED) is 0.334. The summed E-state index contributed by atoms with van der Waals surface area (Å²) < 4.78 is 7.58. The van der Waals surface area contributed by atoms with Gasteiger partial charge in [-0.1, -0.05) is 62.6 Å². The van der Waals surface area contributed by atoms with Gasteiger partial charge in [0.15, 0.2) is 5.82 Å². The topological polar surface area (TPSA) is 81.9 Å². The van der Waals surface area contributed by atoms with Crippen molar-refractivity contribution >= 4 is 5.91 Å². The number of amides is 1. The second-order valence-electron chi connectivity index (χ2n) is 8.67. The van der Waals surface area contributed by atoms with E-state index in [1.807, 2.05) is 30.3 Å². The lowest BCUT2D eigenvalue weighted by atomic mass is 10.0. The zero-order chi connectivity index (χ0) is 24.0. The minimum atomic E-state index is -0.105. The predicted molar refractivity (Wildman–Crippen MR) is 136 cm³/mol. The third-order valence-corrected chi connectivity index (χ3v) is 6.14. The molecule has 178 valence electrons. The number of hydrogen-bond acceptors (Lipinski definition) is 5. The highest BCUT2D eigenvalue weighted by molar-refractivity contribution is 5.94. The minimum absolute atomic E-state index is 0.105. The van der Waals surface area contributed by atoms with E-state index >= 15 is 0 Å². The SMILES string of the molecule is CCCCCCOc1ccc(-c2ccc(-c3nccc(-c4cc5n(n4)CCNC5=O)n3)cc2)cc1. The maximum Gasteiger partial charge on any atom is 0.269 e. The molecule has 5 rings (SSSR count). The average Bonchev–Trinajstić information content (AvgIpc) is 3.35. The number of nitrogens with one attached hydrogen (secondary N) is 1. The Balaban J connectivity index is 1.28. The number of carbonyl (C=O) groups is 1. The highest BCUT2D eigenvalue weighted by Crippen LogP contribution is 2.26. The van der Waals surface area contributed by atoms with Gasteiger partial charge in [0, 0.05) is 18.3 Å². The average molecular weight is 468 g/mol. The predicted octanol–water partition coefficient (Wildman–Crippen LogP) is 5.38. The molecular formula is C28H29N5O2. The summed E-state index contributed by atoms with van der Waals surface area (Å²) in [6, 6.07) is 20.0. The Morgan fingerprint density at radius 3 is 2.40 bits per heavy atom. The molecule has 1 aliphatic rings. The number of aromatic nitrogens is 4. The molecule has 4 aromatic rings. The third kappa shape index (κ3) is 5.24. The molecule has 0 radical (unpaired) electrons. The van der Waals surface area contributed by atoms with Crippen LogP contribution >= 0.6 is 0 Å². The Labute approximate surface area is 205 Å². The first-order valence-corrected chi connectivity index (χ1v) is 12.2. The van der Waals surface area contributed by atoms with Gasteiger partial charge in [-0.25, -0.2) is 9.97 Å². The molecule has 0 bridgehead atoms. The Hall–Kier alpha value is -4.00. The summed E-state index contributed by atoms with van der Waals surface area (Å²) in [6.07, 6.45) is 6.54. The number of hydrogen-bond donors (Lipinski definition) is 1. The van der Waals surface area contributed by atoms with E-state index in [2.05, 4.69) is 46.6 Å². The van der Waals surface area contributed by atoms with Crippen molar-refractivity contribution in [3.63, 3.8) is 0 Å². The van der Waals surface area contributed by atoms with Crippen LogP contribution in [-0.4, -0.2) is 38.8 Å². The van der Waals surface area contributed by atoms with Crippen molar-refractivity contribution in [2.24, 2.45) is 0 Å². The second-order valence-corrected chi connectivity index (χ2v) is 8.67. The van der Waals surface area contributed by atoms with Crippen molar-refractivity contribution in [3.05, 3.63) is 72.6 Å². The monoisotopic (exact) mass is 467 g/mol. The summed E-state index contributed by atoms with van der Waals surface area (Å²) in [5.74, 6) is 1.42. The summed E-state index contributed by atoms with van der Waals surface area (Å²) in [5.41, 5.74) is 5.09. The summed E-state index contributed by atoms with van der Waals surface area (Å²) in [6.45, 7) is 4.23. The lowest BCUT2D eigenvalue weighted by Crippen LogP contribution is -2.35. The van der Waals surface area contributed by atoms with Gasteiger partial charge in [-0.2, -0.15) is 5.10 Å². The van der Waals surface area contributed by atoms with E-state index in [4.69, 9.17) is 9.72 Å². The van der Waals surface area contributed by atoms with Crippen LogP contribution in [0.15, 0.2) is 66.9 Å². The fraction of sp³-hybridized carbons (Fsp3) is 0.286. The molecule has 1 aliphatic heterocycles. The summed E-state index contributed by atoms with van der Waals surface area (Å²) in [5, 5.41) is 7.39. The number of unbranched alkanes of at least 4 members (excludes halogenated alkanes) is 3. The molecule has 35 heavy (non-hydrogen) atoms. The molecule has 1 amide bonds. The fourth-order valence-corrected chi connectivity index (χ4v) is 4.18. The molecule has 0 atom stereocenters. The van der Waals surface area contributed by atoms with Crippen molar-refractivity contribution in [1.82, 2.24) is 25.1 Å². The largest absolute Gasteiger partial charge is 0.494 e. The molecule has 0 unspecified atom stereocenters. The number of rotatable bonds is 9. The van der Waals surface area contributed by atoms with E-state index in [9.17, 15) is 4.79 Å². The van der Waals surface area contributed by atoms with Gasteiger partial charge in [0.05, 0.1) is 18.8 Å². The maximum absolute atomic E-state index is 12.1. The first-order valence-electron chi connectivity index (χ1n) is 12.2. The number of fused-ring (bicyclic) bond motifs is 1. The van der Waals surface area contributed by atoms with E-state index in [0.717, 1.165) is 35.5 Å². The summed E-state index contributed by atoms with van der Waals surface area (Å²) >= 11 is 0. The zero-order valence-electron chi connectivity index (χ0n) is 19.9. The Morgan fingerprint density at radius 2 is 1.66 bits per heavy atom. The molecule has 2 aromatic heterocycles. The molecule has 0 saturated carbocycles. The van der Waals surface area contributed by atoms with E-state index in [1.54, 1.807) is 16.9 Å². The van der Waals surface area contributed by atoms with Crippen molar-refractivity contribution in [2.45, 2.75) is 39.2 Å². The van der Waals surface area contributed by atoms with Crippen LogP contribution in [0.5, 0.6) is 5.75 Å². The number of benzene rings is 2. The molecule has 7 heteroatoms. The third-order valence-electron chi connectivity index (χ3n) is 6.14. The van der Waals surface area contributed by atoms with Gasteiger partial charge in [-0.05, 0) is 41.8 Å². The summed E-state index contributed by atoms with van der Waals surface area (Å²) in [4.78, 5) is 21.2. The van der Waals surface area contributed by atoms with Crippen LogP contribution < -0.4 is 10.1 Å². The molecule has 0 aliphatic carbocycles. The van der Waals surface area contributed by atoms with Gasteiger partial charge in [0.1, 0.15) is 17.1 Å². The highest BCUT2D eigenvalue weighted by Gasteiger charge is 2.20. The number of carbonyl (C=O) groups excluding carboxylic acids is 1. The second kappa shape index (κ2) is 10.5. The molecule has 0 spiro atoms. The lowest BCUT2D eigenvalue weighted by molar-refractivity contribution is 0.0924. The van der Waals surface area contributed by atoms with Crippen molar-refractivity contribution < 1.29 is 9.53 Å². The Kier molecular flexibility index (Phi) is 6.84. The van der Waals surface area contributed by atoms with Crippen LogP contribution in [0.4, 0.5) is 0 Å². The van der Waals surface area contributed by atoms with Crippen LogP contribution in [0.25, 0.3) is 33.9 Å². The van der Waals surface area contributed by atoms with E-state index < -0.39 is 0 Å². The first-order chi connectivity index (χ1) is 17.2. The molecule has 0 fully saturated rings. The smallest absolute Gasteiger partial charge is 0.269 e. The zero-order valence-corrected chi connectivity index (χ0v) is 19.9. The van der Waals surface area contributed by atoms with Gasteiger partial charge < -0.3 is 10.1 Å². The van der Waals surface area contributed by atoms with Crippen molar-refractivity contribution in [1.29, 1.82) is 0 Å². The lowest BCUT2D eigenvalue weighted by Gasteiger charge is -2.13. The van der Waals surface area contributed by atoms with Crippen molar-refractivity contribution in [2.75, 3.05) is 13.2 Å².